The molecule has 0 bridgehead atoms. The average Bonchev–Trinajstić information content (AvgIpc) is 2.78. The number of aryl methyl sites for hydroxylation is 2. The minimum Gasteiger partial charge on any atom is -0.372 e. The molecule has 1 aliphatic heterocycles. The maximum atomic E-state index is 6.09. The summed E-state index contributed by atoms with van der Waals surface area (Å²) in [6.45, 7) is 13.3. The molecular weight excluding hydrogens is 308 g/mol. The van der Waals surface area contributed by atoms with Crippen LogP contribution in [-0.2, 0) is 11.3 Å². The van der Waals surface area contributed by atoms with Crippen LogP contribution in [-0.4, -0.2) is 47.7 Å². The molecule has 0 atom stereocenters. The first-order valence-corrected chi connectivity index (χ1v) is 9.16. The Morgan fingerprint density at radius 2 is 2.00 bits per heavy atom. The van der Waals surface area contributed by atoms with E-state index in [1.165, 1.54) is 4.88 Å². The highest BCUT2D eigenvalue weighted by molar-refractivity contribution is 7.11. The maximum absolute atomic E-state index is 6.09. The summed E-state index contributed by atoms with van der Waals surface area (Å²) < 4.78 is 6.09. The number of nitrogens with zero attached hydrogens (tertiary/aromatic N) is 3. The van der Waals surface area contributed by atoms with Gasteiger partial charge in [-0.1, -0.05) is 0 Å². The molecule has 2 rings (SSSR count). The standard InChI is InChI=1S/C17H30N4OS/c1-12-13(2)23-15(20-12)11-19-16(18-6)21-9-7-14(8-10-21)22-17(3,4)5/h14H,7-11H2,1-6H3,(H,18,19). The lowest BCUT2D eigenvalue weighted by atomic mass is 10.1. The van der Waals surface area contributed by atoms with E-state index in [4.69, 9.17) is 4.74 Å². The molecule has 0 amide bonds. The van der Waals surface area contributed by atoms with Crippen LogP contribution in [0.3, 0.4) is 0 Å². The third-order valence-corrected chi connectivity index (χ3v) is 5.02. The number of piperidine rings is 1. The van der Waals surface area contributed by atoms with Crippen LogP contribution in [0.25, 0.3) is 0 Å². The highest BCUT2D eigenvalue weighted by atomic mass is 32.1. The van der Waals surface area contributed by atoms with E-state index in [0.29, 0.717) is 6.10 Å². The highest BCUT2D eigenvalue weighted by Crippen LogP contribution is 2.20. The van der Waals surface area contributed by atoms with Crippen molar-refractivity contribution in [2.45, 2.75) is 65.7 Å². The fourth-order valence-electron chi connectivity index (χ4n) is 2.79. The van der Waals surface area contributed by atoms with Crippen LogP contribution < -0.4 is 5.32 Å². The zero-order chi connectivity index (χ0) is 17.0. The van der Waals surface area contributed by atoms with Gasteiger partial charge in [0, 0.05) is 25.0 Å². The predicted octanol–water partition coefficient (Wildman–Crippen LogP) is 3.11. The van der Waals surface area contributed by atoms with Crippen molar-refractivity contribution >= 4 is 17.3 Å². The van der Waals surface area contributed by atoms with E-state index < -0.39 is 0 Å². The molecule has 0 aromatic carbocycles. The lowest BCUT2D eigenvalue weighted by molar-refractivity contribution is -0.0772. The molecule has 1 N–H and O–H groups in total. The van der Waals surface area contributed by atoms with Crippen molar-refractivity contribution in [1.82, 2.24) is 15.2 Å². The zero-order valence-electron chi connectivity index (χ0n) is 15.3. The van der Waals surface area contributed by atoms with Crippen molar-refractivity contribution in [2.24, 2.45) is 4.99 Å². The second-order valence-electron chi connectivity index (χ2n) is 7.07. The molecule has 23 heavy (non-hydrogen) atoms. The molecule has 1 aromatic rings. The Labute approximate surface area is 144 Å². The van der Waals surface area contributed by atoms with E-state index in [-0.39, 0.29) is 5.60 Å². The molecule has 1 aromatic heterocycles. The molecular formula is C17H30N4OS. The van der Waals surface area contributed by atoms with Crippen LogP contribution >= 0.6 is 11.3 Å². The summed E-state index contributed by atoms with van der Waals surface area (Å²) in [4.78, 5) is 12.6. The quantitative estimate of drug-likeness (QED) is 0.679. The second-order valence-corrected chi connectivity index (χ2v) is 8.35. The molecule has 0 radical (unpaired) electrons. The first-order chi connectivity index (χ1) is 10.8. The molecule has 1 fully saturated rings. The minimum absolute atomic E-state index is 0.0622. The Balaban J connectivity index is 1.83. The van der Waals surface area contributed by atoms with Crippen LogP contribution in [0, 0.1) is 13.8 Å². The van der Waals surface area contributed by atoms with Gasteiger partial charge in [0.2, 0.25) is 0 Å². The van der Waals surface area contributed by atoms with E-state index >= 15 is 0 Å². The lowest BCUT2D eigenvalue weighted by Crippen LogP contribution is -2.47. The number of hydrogen-bond donors (Lipinski definition) is 1. The van der Waals surface area contributed by atoms with Gasteiger partial charge in [-0.25, -0.2) is 4.98 Å². The Morgan fingerprint density at radius 3 is 2.48 bits per heavy atom. The van der Waals surface area contributed by atoms with Crippen molar-refractivity contribution < 1.29 is 4.74 Å². The van der Waals surface area contributed by atoms with Crippen molar-refractivity contribution in [3.63, 3.8) is 0 Å². The number of nitrogens with one attached hydrogen (secondary N) is 1. The lowest BCUT2D eigenvalue weighted by Gasteiger charge is -2.36. The molecule has 1 aliphatic rings. The van der Waals surface area contributed by atoms with Gasteiger partial charge in [0.05, 0.1) is 23.9 Å². The Kier molecular flexibility index (Phi) is 6.03. The Morgan fingerprint density at radius 1 is 1.35 bits per heavy atom. The number of aromatic nitrogens is 1. The van der Waals surface area contributed by atoms with Crippen molar-refractivity contribution in [3.05, 3.63) is 15.6 Å². The van der Waals surface area contributed by atoms with Gasteiger partial charge < -0.3 is 15.0 Å². The number of hydrogen-bond acceptors (Lipinski definition) is 4. The van der Waals surface area contributed by atoms with Crippen LogP contribution in [0.15, 0.2) is 4.99 Å². The number of thiazole rings is 1. The summed E-state index contributed by atoms with van der Waals surface area (Å²) in [5, 5.41) is 4.56. The third kappa shape index (κ3) is 5.46. The number of rotatable bonds is 3. The summed E-state index contributed by atoms with van der Waals surface area (Å²) in [6, 6.07) is 0. The normalized spacial score (nSPS) is 17.7. The number of likely N-dealkylation sites (tertiary alicyclic amines) is 1. The minimum atomic E-state index is -0.0622. The number of guanidine groups is 1. The van der Waals surface area contributed by atoms with E-state index in [2.05, 4.69) is 54.8 Å². The SMILES string of the molecule is CN=C(NCc1nc(C)c(C)s1)N1CCC(OC(C)(C)C)CC1. The van der Waals surface area contributed by atoms with Crippen LogP contribution in [0.2, 0.25) is 0 Å². The fraction of sp³-hybridized carbons (Fsp3) is 0.765. The van der Waals surface area contributed by atoms with Crippen molar-refractivity contribution in [1.29, 1.82) is 0 Å². The molecule has 0 saturated carbocycles. The molecule has 0 aliphatic carbocycles. The summed E-state index contributed by atoms with van der Waals surface area (Å²) in [6.07, 6.45) is 2.45. The third-order valence-electron chi connectivity index (χ3n) is 3.94. The molecule has 130 valence electrons. The van der Waals surface area contributed by atoms with Gasteiger partial charge >= 0.3 is 0 Å². The maximum Gasteiger partial charge on any atom is 0.193 e. The Hall–Kier alpha value is -1.14. The summed E-state index contributed by atoms with van der Waals surface area (Å²) in [7, 11) is 1.85. The van der Waals surface area contributed by atoms with E-state index in [9.17, 15) is 0 Å². The van der Waals surface area contributed by atoms with Gasteiger partial charge in [0.1, 0.15) is 5.01 Å². The van der Waals surface area contributed by atoms with Gasteiger partial charge in [0.15, 0.2) is 5.96 Å². The number of aliphatic imine (C=N–C) groups is 1. The predicted molar refractivity (Wildman–Crippen MR) is 97.2 cm³/mol. The summed E-state index contributed by atoms with van der Waals surface area (Å²) in [5.74, 6) is 0.963. The van der Waals surface area contributed by atoms with E-state index in [0.717, 1.165) is 49.1 Å². The van der Waals surface area contributed by atoms with Gasteiger partial charge in [-0.2, -0.15) is 0 Å². The monoisotopic (exact) mass is 338 g/mol. The highest BCUT2D eigenvalue weighted by Gasteiger charge is 2.25. The summed E-state index contributed by atoms with van der Waals surface area (Å²) >= 11 is 1.75. The van der Waals surface area contributed by atoms with Crippen LogP contribution in [0.1, 0.15) is 49.2 Å². The van der Waals surface area contributed by atoms with Crippen molar-refractivity contribution in [2.75, 3.05) is 20.1 Å². The van der Waals surface area contributed by atoms with E-state index in [1.807, 2.05) is 7.05 Å². The average molecular weight is 339 g/mol. The molecule has 2 heterocycles. The van der Waals surface area contributed by atoms with Crippen LogP contribution in [0.5, 0.6) is 0 Å². The Bertz CT molecular complexity index is 520. The van der Waals surface area contributed by atoms with Gasteiger partial charge in [-0.3, -0.25) is 4.99 Å². The topological polar surface area (TPSA) is 49.8 Å². The first-order valence-electron chi connectivity index (χ1n) is 8.35. The van der Waals surface area contributed by atoms with Gasteiger partial charge in [-0.15, -0.1) is 11.3 Å². The first kappa shape index (κ1) is 18.2. The fourth-order valence-corrected chi connectivity index (χ4v) is 3.66. The molecule has 0 spiro atoms. The van der Waals surface area contributed by atoms with Gasteiger partial charge in [0.25, 0.3) is 0 Å². The zero-order valence-corrected chi connectivity index (χ0v) is 16.1. The molecule has 5 nitrogen and oxygen atoms in total. The number of ether oxygens (including phenoxy) is 1. The van der Waals surface area contributed by atoms with Gasteiger partial charge in [-0.05, 0) is 47.5 Å². The largest absolute Gasteiger partial charge is 0.372 e. The smallest absolute Gasteiger partial charge is 0.193 e. The van der Waals surface area contributed by atoms with Crippen LogP contribution in [0.4, 0.5) is 0 Å². The molecule has 6 heteroatoms. The molecule has 0 unspecified atom stereocenters. The summed E-state index contributed by atoms with van der Waals surface area (Å²) in [5.41, 5.74) is 1.06. The van der Waals surface area contributed by atoms with E-state index in [1.54, 1.807) is 11.3 Å². The second kappa shape index (κ2) is 7.62. The molecule has 1 saturated heterocycles. The van der Waals surface area contributed by atoms with Crippen molar-refractivity contribution in [3.8, 4) is 0 Å².